The van der Waals surface area contributed by atoms with Gasteiger partial charge in [-0.3, -0.25) is 4.79 Å². The second-order valence-electron chi connectivity index (χ2n) is 7.12. The molecule has 2 unspecified atom stereocenters. The van der Waals surface area contributed by atoms with Crippen LogP contribution in [0.1, 0.15) is 5.56 Å². The molecule has 0 radical (unpaired) electrons. The smallest absolute Gasteiger partial charge is 0.252 e. The monoisotopic (exact) mass is 446 g/mol. The molecule has 30 heavy (non-hydrogen) atoms. The van der Waals surface area contributed by atoms with E-state index in [0.717, 1.165) is 5.56 Å². The van der Waals surface area contributed by atoms with E-state index in [-0.39, 0.29) is 35.1 Å². The molecule has 9 heteroatoms. The molecule has 0 aliphatic carbocycles. The van der Waals surface area contributed by atoms with Crippen molar-refractivity contribution in [3.8, 4) is 11.5 Å². The molecular formula is C21H22N2O5S2. The molecule has 0 aromatic heterocycles. The first-order chi connectivity index (χ1) is 14.4. The fourth-order valence-electron chi connectivity index (χ4n) is 3.83. The van der Waals surface area contributed by atoms with Gasteiger partial charge in [-0.2, -0.15) is 4.99 Å². The third-order valence-corrected chi connectivity index (χ3v) is 8.38. The first kappa shape index (κ1) is 20.7. The predicted molar refractivity (Wildman–Crippen MR) is 118 cm³/mol. The van der Waals surface area contributed by atoms with E-state index in [2.05, 4.69) is 4.99 Å². The van der Waals surface area contributed by atoms with Crippen molar-refractivity contribution in [2.45, 2.75) is 17.7 Å². The normalized spacial score (nSPS) is 23.4. The Kier molecular flexibility index (Phi) is 5.75. The molecule has 0 spiro atoms. The second kappa shape index (κ2) is 8.31. The van der Waals surface area contributed by atoms with Crippen LogP contribution in [0.2, 0.25) is 0 Å². The highest BCUT2D eigenvalue weighted by Crippen LogP contribution is 2.43. The summed E-state index contributed by atoms with van der Waals surface area (Å²) < 4.78 is 35.2. The van der Waals surface area contributed by atoms with Crippen LogP contribution in [0.5, 0.6) is 11.5 Å². The number of amides is 1. The average molecular weight is 447 g/mol. The molecule has 1 amide bonds. The molecule has 4 rings (SSSR count). The van der Waals surface area contributed by atoms with Crippen molar-refractivity contribution in [2.24, 2.45) is 4.99 Å². The van der Waals surface area contributed by atoms with Gasteiger partial charge in [0.1, 0.15) is 11.5 Å². The lowest BCUT2D eigenvalue weighted by molar-refractivity contribution is -0.117. The number of rotatable bonds is 5. The lowest BCUT2D eigenvalue weighted by Gasteiger charge is -2.26. The van der Waals surface area contributed by atoms with Crippen LogP contribution in [0, 0.1) is 0 Å². The molecule has 2 heterocycles. The summed E-state index contributed by atoms with van der Waals surface area (Å²) in [4.78, 5) is 19.0. The van der Waals surface area contributed by atoms with Crippen molar-refractivity contribution in [1.82, 2.24) is 0 Å². The number of hydrogen-bond donors (Lipinski definition) is 0. The molecule has 2 saturated heterocycles. The van der Waals surface area contributed by atoms with E-state index in [9.17, 15) is 13.2 Å². The molecule has 2 fully saturated rings. The molecule has 2 atom stereocenters. The summed E-state index contributed by atoms with van der Waals surface area (Å²) in [5.74, 6) is 1.03. The number of anilines is 1. The molecule has 0 N–H and O–H groups in total. The Morgan fingerprint density at radius 3 is 2.47 bits per heavy atom. The zero-order valence-corrected chi connectivity index (χ0v) is 18.3. The average Bonchev–Trinajstić information content (AvgIpc) is 3.18. The molecule has 2 aliphatic rings. The van der Waals surface area contributed by atoms with Crippen molar-refractivity contribution in [3.05, 3.63) is 54.1 Å². The summed E-state index contributed by atoms with van der Waals surface area (Å²) in [5, 5.41) is 0.335. The molecule has 2 aromatic carbocycles. The number of sulfone groups is 1. The second-order valence-corrected chi connectivity index (χ2v) is 10.5. The van der Waals surface area contributed by atoms with E-state index in [4.69, 9.17) is 9.47 Å². The third-order valence-electron chi connectivity index (χ3n) is 5.17. The summed E-state index contributed by atoms with van der Waals surface area (Å²) >= 11 is 1.34. The van der Waals surface area contributed by atoms with Gasteiger partial charge in [-0.1, -0.05) is 42.1 Å². The predicted octanol–water partition coefficient (Wildman–Crippen LogP) is 2.55. The van der Waals surface area contributed by atoms with Crippen LogP contribution < -0.4 is 14.4 Å². The standard InChI is InChI=1S/C21H22N2O5S2/c1-27-17-9-5-3-7-14(17)11-20(24)22-21-23(15-8-4-6-10-18(15)28-2)16-12-30(25,26)13-19(16)29-21/h3-10,16,19H,11-13H2,1-2H3. The summed E-state index contributed by atoms with van der Waals surface area (Å²) in [6, 6.07) is 14.4. The molecule has 2 aliphatic heterocycles. The van der Waals surface area contributed by atoms with E-state index in [1.165, 1.54) is 11.8 Å². The number of carbonyl (C=O) groups excluding carboxylic acids is 1. The van der Waals surface area contributed by atoms with Crippen LogP contribution in [0.4, 0.5) is 5.69 Å². The van der Waals surface area contributed by atoms with Gasteiger partial charge < -0.3 is 14.4 Å². The van der Waals surface area contributed by atoms with Gasteiger partial charge in [-0.05, 0) is 18.2 Å². The van der Waals surface area contributed by atoms with Gasteiger partial charge in [0.05, 0.1) is 43.9 Å². The lowest BCUT2D eigenvalue weighted by Crippen LogP contribution is -2.38. The third kappa shape index (κ3) is 4.04. The minimum Gasteiger partial charge on any atom is -0.496 e. The van der Waals surface area contributed by atoms with Crippen molar-refractivity contribution >= 4 is 38.4 Å². The van der Waals surface area contributed by atoms with Gasteiger partial charge in [0.25, 0.3) is 5.91 Å². The largest absolute Gasteiger partial charge is 0.496 e. The van der Waals surface area contributed by atoms with Crippen LogP contribution >= 0.6 is 11.8 Å². The first-order valence-electron chi connectivity index (χ1n) is 9.44. The van der Waals surface area contributed by atoms with Gasteiger partial charge >= 0.3 is 0 Å². The van der Waals surface area contributed by atoms with Gasteiger partial charge in [-0.15, -0.1) is 0 Å². The highest BCUT2D eigenvalue weighted by molar-refractivity contribution is 8.16. The van der Waals surface area contributed by atoms with E-state index >= 15 is 0 Å². The fraction of sp³-hybridized carbons (Fsp3) is 0.333. The summed E-state index contributed by atoms with van der Waals surface area (Å²) in [5.41, 5.74) is 1.46. The number of ether oxygens (including phenoxy) is 2. The van der Waals surface area contributed by atoms with Gasteiger partial charge in [0, 0.05) is 10.8 Å². The zero-order chi connectivity index (χ0) is 21.3. The van der Waals surface area contributed by atoms with Gasteiger partial charge in [0.2, 0.25) is 0 Å². The van der Waals surface area contributed by atoms with Crippen LogP contribution in [0.15, 0.2) is 53.5 Å². The van der Waals surface area contributed by atoms with E-state index in [1.807, 2.05) is 47.4 Å². The topological polar surface area (TPSA) is 85.3 Å². The van der Waals surface area contributed by atoms with Crippen molar-refractivity contribution in [3.63, 3.8) is 0 Å². The maximum absolute atomic E-state index is 12.8. The molecule has 0 bridgehead atoms. The Morgan fingerprint density at radius 2 is 1.73 bits per heavy atom. The summed E-state index contributed by atoms with van der Waals surface area (Å²) in [6.07, 6.45) is 0.0987. The zero-order valence-electron chi connectivity index (χ0n) is 16.6. The van der Waals surface area contributed by atoms with Crippen molar-refractivity contribution in [2.75, 3.05) is 30.6 Å². The number of aliphatic imine (C=N–C) groups is 1. The van der Waals surface area contributed by atoms with Gasteiger partial charge in [-0.25, -0.2) is 8.42 Å². The quantitative estimate of drug-likeness (QED) is 0.698. The number of methoxy groups -OCH3 is 2. The van der Waals surface area contributed by atoms with E-state index < -0.39 is 9.84 Å². The van der Waals surface area contributed by atoms with Crippen molar-refractivity contribution in [1.29, 1.82) is 0 Å². The molecule has 2 aromatic rings. The Hall–Kier alpha value is -2.52. The fourth-order valence-corrected chi connectivity index (χ4v) is 7.76. The van der Waals surface area contributed by atoms with Crippen LogP contribution in [0.25, 0.3) is 0 Å². The van der Waals surface area contributed by atoms with Crippen LogP contribution in [-0.4, -0.2) is 56.5 Å². The maximum atomic E-state index is 12.8. The SMILES string of the molecule is COc1ccccc1CC(=O)N=C1SC2CS(=O)(=O)CC2N1c1ccccc1OC. The number of fused-ring (bicyclic) bond motifs is 1. The summed E-state index contributed by atoms with van der Waals surface area (Å²) in [7, 11) is -0.00859. The molecule has 158 valence electrons. The Labute approximate surface area is 180 Å². The summed E-state index contributed by atoms with van der Waals surface area (Å²) in [6.45, 7) is 0. The van der Waals surface area contributed by atoms with E-state index in [0.29, 0.717) is 22.4 Å². The Bertz CT molecular complexity index is 1100. The number of thioether (sulfide) groups is 1. The Morgan fingerprint density at radius 1 is 1.07 bits per heavy atom. The molecule has 7 nitrogen and oxygen atoms in total. The van der Waals surface area contributed by atoms with E-state index in [1.54, 1.807) is 20.3 Å². The van der Waals surface area contributed by atoms with Crippen LogP contribution in [0.3, 0.4) is 0 Å². The lowest BCUT2D eigenvalue weighted by atomic mass is 10.1. The maximum Gasteiger partial charge on any atom is 0.252 e. The number of nitrogens with zero attached hydrogens (tertiary/aromatic N) is 2. The van der Waals surface area contributed by atoms with Crippen LogP contribution in [-0.2, 0) is 21.1 Å². The van der Waals surface area contributed by atoms with Crippen molar-refractivity contribution < 1.29 is 22.7 Å². The molecule has 0 saturated carbocycles. The number of amidine groups is 1. The first-order valence-corrected chi connectivity index (χ1v) is 12.1. The highest BCUT2D eigenvalue weighted by Gasteiger charge is 2.50. The Balaban J connectivity index is 1.68. The number of hydrogen-bond acceptors (Lipinski definition) is 6. The van der Waals surface area contributed by atoms with Gasteiger partial charge in [0.15, 0.2) is 15.0 Å². The highest BCUT2D eigenvalue weighted by atomic mass is 32.2. The number of carbonyl (C=O) groups is 1. The molecular weight excluding hydrogens is 424 g/mol. The number of para-hydroxylation sites is 3. The minimum atomic E-state index is -3.14. The minimum absolute atomic E-state index is 0.0302. The number of benzene rings is 2.